The van der Waals surface area contributed by atoms with Gasteiger partial charge >= 0.3 is 6.09 Å². The lowest BCUT2D eigenvalue weighted by Crippen LogP contribution is -2.24. The molecule has 1 aromatic heterocycles. The van der Waals surface area contributed by atoms with Gasteiger partial charge in [-0.05, 0) is 17.2 Å². The zero-order valence-corrected chi connectivity index (χ0v) is 13.8. The predicted molar refractivity (Wildman–Crippen MR) is 98.6 cm³/mol. The summed E-state index contributed by atoms with van der Waals surface area (Å²) in [4.78, 5) is 25.2. The first kappa shape index (κ1) is 17.2. The summed E-state index contributed by atoms with van der Waals surface area (Å²) in [5.74, 6) is 0. The summed E-state index contributed by atoms with van der Waals surface area (Å²) < 4.78 is 5.11. The number of aromatic amines is 1. The minimum atomic E-state index is -0.506. The number of rotatable bonds is 6. The second kappa shape index (κ2) is 7.98. The summed E-state index contributed by atoms with van der Waals surface area (Å²) >= 11 is 0. The van der Waals surface area contributed by atoms with Crippen LogP contribution in [0.1, 0.15) is 11.1 Å². The molecule has 132 valence electrons. The van der Waals surface area contributed by atoms with Gasteiger partial charge in [-0.3, -0.25) is 10.1 Å². The van der Waals surface area contributed by atoms with Gasteiger partial charge in [0.2, 0.25) is 0 Å². The van der Waals surface area contributed by atoms with E-state index in [1.165, 1.54) is 12.1 Å². The van der Waals surface area contributed by atoms with Gasteiger partial charge in [0.05, 0.1) is 4.92 Å². The van der Waals surface area contributed by atoms with Crippen LogP contribution in [-0.2, 0) is 11.3 Å². The highest BCUT2D eigenvalue weighted by atomic mass is 16.6. The largest absolute Gasteiger partial charge is 0.445 e. The molecular weight excluding hydrogens is 334 g/mol. The van der Waals surface area contributed by atoms with Crippen LogP contribution in [0.3, 0.4) is 0 Å². The van der Waals surface area contributed by atoms with Crippen molar-refractivity contribution in [1.82, 2.24) is 10.3 Å². The van der Waals surface area contributed by atoms with Crippen LogP contribution in [0.4, 0.5) is 10.5 Å². The van der Waals surface area contributed by atoms with E-state index in [0.29, 0.717) is 0 Å². The average molecular weight is 351 g/mol. The number of H-pyrrole nitrogens is 1. The molecule has 0 aliphatic carbocycles. The second-order valence-corrected chi connectivity index (χ2v) is 5.58. The minimum Gasteiger partial charge on any atom is -0.445 e. The summed E-state index contributed by atoms with van der Waals surface area (Å²) in [7, 11) is 0. The SMILES string of the molecule is O=C(NCC=Cc1c[nH]c2ccc([N+](=O)[O-])cc12)OCc1ccccc1. The first-order chi connectivity index (χ1) is 12.6. The maximum Gasteiger partial charge on any atom is 0.407 e. The number of nitro groups is 1. The highest BCUT2D eigenvalue weighted by molar-refractivity contribution is 5.90. The van der Waals surface area contributed by atoms with Gasteiger partial charge in [-0.2, -0.15) is 0 Å². The first-order valence-corrected chi connectivity index (χ1v) is 8.00. The molecule has 2 N–H and O–H groups in total. The Labute approximate surface area is 149 Å². The molecule has 0 bridgehead atoms. The van der Waals surface area contributed by atoms with Gasteiger partial charge < -0.3 is 15.0 Å². The molecule has 0 unspecified atom stereocenters. The number of carbonyl (C=O) groups is 1. The molecule has 7 heteroatoms. The molecule has 3 aromatic rings. The van der Waals surface area contributed by atoms with Crippen molar-refractivity contribution in [2.45, 2.75) is 6.61 Å². The van der Waals surface area contributed by atoms with Crippen LogP contribution in [0.2, 0.25) is 0 Å². The lowest BCUT2D eigenvalue weighted by atomic mass is 10.1. The molecule has 2 aromatic carbocycles. The first-order valence-electron chi connectivity index (χ1n) is 8.00. The molecule has 0 aliphatic rings. The number of aromatic nitrogens is 1. The fourth-order valence-electron chi connectivity index (χ4n) is 2.48. The number of alkyl carbamates (subject to hydrolysis) is 1. The maximum atomic E-state index is 11.7. The van der Waals surface area contributed by atoms with Gasteiger partial charge in [0.15, 0.2) is 0 Å². The zero-order chi connectivity index (χ0) is 18.4. The fraction of sp³-hybridized carbons (Fsp3) is 0.105. The third kappa shape index (κ3) is 4.27. The molecule has 0 fully saturated rings. The standard InChI is InChI=1S/C19H17N3O4/c23-19(26-13-14-5-2-1-3-6-14)20-10-4-7-15-12-21-18-9-8-16(22(24)25)11-17(15)18/h1-9,11-12,21H,10,13H2,(H,20,23). The van der Waals surface area contributed by atoms with E-state index >= 15 is 0 Å². The highest BCUT2D eigenvalue weighted by Crippen LogP contribution is 2.24. The normalized spacial score (nSPS) is 10.9. The lowest BCUT2D eigenvalue weighted by molar-refractivity contribution is -0.384. The number of benzene rings is 2. The number of hydrogen-bond acceptors (Lipinski definition) is 4. The summed E-state index contributed by atoms with van der Waals surface area (Å²) in [5.41, 5.74) is 2.57. The Morgan fingerprint density at radius 2 is 2.04 bits per heavy atom. The molecule has 7 nitrogen and oxygen atoms in total. The zero-order valence-electron chi connectivity index (χ0n) is 13.8. The van der Waals surface area contributed by atoms with Gasteiger partial charge in [-0.25, -0.2) is 4.79 Å². The monoisotopic (exact) mass is 351 g/mol. The van der Waals surface area contributed by atoms with Crippen LogP contribution in [0.15, 0.2) is 60.8 Å². The number of ether oxygens (including phenoxy) is 1. The number of nitro benzene ring substituents is 1. The van der Waals surface area contributed by atoms with E-state index in [2.05, 4.69) is 10.3 Å². The van der Waals surface area contributed by atoms with Crippen LogP contribution in [0.5, 0.6) is 0 Å². The maximum absolute atomic E-state index is 11.7. The molecule has 1 amide bonds. The molecule has 0 atom stereocenters. The van der Waals surface area contributed by atoms with Gasteiger partial charge in [0, 0.05) is 35.8 Å². The van der Waals surface area contributed by atoms with E-state index in [0.717, 1.165) is 22.0 Å². The van der Waals surface area contributed by atoms with Crippen molar-refractivity contribution in [3.05, 3.63) is 82.0 Å². The van der Waals surface area contributed by atoms with E-state index in [9.17, 15) is 14.9 Å². The molecule has 1 heterocycles. The van der Waals surface area contributed by atoms with Crippen molar-refractivity contribution >= 4 is 28.8 Å². The molecule has 0 saturated heterocycles. The van der Waals surface area contributed by atoms with Crippen molar-refractivity contribution < 1.29 is 14.5 Å². The van der Waals surface area contributed by atoms with E-state index in [1.54, 1.807) is 24.4 Å². The second-order valence-electron chi connectivity index (χ2n) is 5.58. The lowest BCUT2D eigenvalue weighted by Gasteiger charge is -2.05. The van der Waals surface area contributed by atoms with E-state index in [4.69, 9.17) is 4.74 Å². The van der Waals surface area contributed by atoms with Crippen molar-refractivity contribution in [2.24, 2.45) is 0 Å². The third-order valence-electron chi connectivity index (χ3n) is 3.78. The molecule has 0 radical (unpaired) electrons. The van der Waals surface area contributed by atoms with Crippen LogP contribution in [-0.4, -0.2) is 22.5 Å². The summed E-state index contributed by atoms with van der Waals surface area (Å²) in [6, 6.07) is 14.1. The van der Waals surface area contributed by atoms with Crippen LogP contribution < -0.4 is 5.32 Å². The topological polar surface area (TPSA) is 97.3 Å². The Balaban J connectivity index is 1.54. The number of non-ortho nitro benzene ring substituents is 1. The van der Waals surface area contributed by atoms with E-state index < -0.39 is 11.0 Å². The van der Waals surface area contributed by atoms with Crippen molar-refractivity contribution in [3.8, 4) is 0 Å². The van der Waals surface area contributed by atoms with Gasteiger partial charge in [-0.15, -0.1) is 0 Å². The Morgan fingerprint density at radius 3 is 2.81 bits per heavy atom. The Morgan fingerprint density at radius 1 is 1.23 bits per heavy atom. The van der Waals surface area contributed by atoms with Crippen LogP contribution >= 0.6 is 0 Å². The molecule has 3 rings (SSSR count). The Kier molecular flexibility index (Phi) is 5.28. The number of carbonyl (C=O) groups excluding carboxylic acids is 1. The number of nitrogens with zero attached hydrogens (tertiary/aromatic N) is 1. The van der Waals surface area contributed by atoms with Gasteiger partial charge in [-0.1, -0.05) is 42.5 Å². The Hall–Kier alpha value is -3.61. The van der Waals surface area contributed by atoms with Crippen LogP contribution in [0, 0.1) is 10.1 Å². The van der Waals surface area contributed by atoms with Crippen molar-refractivity contribution in [1.29, 1.82) is 0 Å². The number of hydrogen-bond donors (Lipinski definition) is 2. The van der Waals surface area contributed by atoms with Crippen molar-refractivity contribution in [2.75, 3.05) is 6.54 Å². The summed E-state index contributed by atoms with van der Waals surface area (Å²) in [6.07, 6.45) is 4.80. The molecule has 0 spiro atoms. The number of amides is 1. The number of nitrogens with one attached hydrogen (secondary N) is 2. The third-order valence-corrected chi connectivity index (χ3v) is 3.78. The summed E-state index contributed by atoms with van der Waals surface area (Å²) in [6.45, 7) is 0.498. The quantitative estimate of drug-likeness (QED) is 0.518. The molecule has 26 heavy (non-hydrogen) atoms. The van der Waals surface area contributed by atoms with E-state index in [1.807, 2.05) is 30.3 Å². The highest BCUT2D eigenvalue weighted by Gasteiger charge is 2.09. The molecular formula is C19H17N3O4. The average Bonchev–Trinajstić information content (AvgIpc) is 3.06. The summed E-state index contributed by atoms with van der Waals surface area (Å²) in [5, 5.41) is 14.3. The van der Waals surface area contributed by atoms with Crippen molar-refractivity contribution in [3.63, 3.8) is 0 Å². The van der Waals surface area contributed by atoms with Crippen LogP contribution in [0.25, 0.3) is 17.0 Å². The molecule has 0 saturated carbocycles. The molecule has 0 aliphatic heterocycles. The van der Waals surface area contributed by atoms with E-state index in [-0.39, 0.29) is 18.8 Å². The fourth-order valence-corrected chi connectivity index (χ4v) is 2.48. The minimum absolute atomic E-state index is 0.0364. The van der Waals surface area contributed by atoms with Gasteiger partial charge in [0.25, 0.3) is 5.69 Å². The smallest absolute Gasteiger partial charge is 0.407 e. The number of fused-ring (bicyclic) bond motifs is 1. The predicted octanol–water partition coefficient (Wildman–Crippen LogP) is 4.02. The Bertz CT molecular complexity index is 948. The van der Waals surface area contributed by atoms with Gasteiger partial charge in [0.1, 0.15) is 6.61 Å².